The number of aromatic nitrogens is 2. The number of hydrogen-bond donors (Lipinski definition) is 2. The number of nitrogens with zero attached hydrogens (tertiary/aromatic N) is 1. The molecule has 0 fully saturated rings. The number of aromatic amines is 1. The monoisotopic (exact) mass is 383 g/mol. The third-order valence-electron chi connectivity index (χ3n) is 6.11. The molecule has 2 atom stereocenters. The van der Waals surface area contributed by atoms with Crippen molar-refractivity contribution >= 4 is 11.0 Å². The number of methoxy groups -OCH3 is 1. The van der Waals surface area contributed by atoms with Crippen LogP contribution in [0.3, 0.4) is 0 Å². The molecule has 0 radical (unpaired) electrons. The smallest absolute Gasteiger partial charge is 0.0980 e. The summed E-state index contributed by atoms with van der Waals surface area (Å²) in [4.78, 5) is 7.59. The van der Waals surface area contributed by atoms with Crippen LogP contribution in [0, 0.1) is 6.92 Å². The normalized spacial score (nSPS) is 18.3. The largest absolute Gasteiger partial charge is 0.375 e. The topological polar surface area (TPSA) is 49.9 Å². The minimum absolute atomic E-state index is 0.120. The molecule has 1 aliphatic carbocycles. The zero-order chi connectivity index (χ0) is 19.8. The van der Waals surface area contributed by atoms with Gasteiger partial charge in [0, 0.05) is 19.7 Å². The van der Waals surface area contributed by atoms with E-state index in [9.17, 15) is 0 Å². The highest BCUT2D eigenvalue weighted by Gasteiger charge is 2.31. The molecule has 4 heteroatoms. The Morgan fingerprint density at radius 1 is 1.07 bits per heavy atom. The molecule has 146 valence electrons. The van der Waals surface area contributed by atoms with Gasteiger partial charge in [0.05, 0.1) is 23.5 Å². The lowest BCUT2D eigenvalue weighted by atomic mass is 9.98. The number of rotatable bonds is 5. The molecule has 0 spiro atoms. The summed E-state index contributed by atoms with van der Waals surface area (Å²) in [5.41, 5.74) is 9.80. The Hall–Kier alpha value is -2.95. The predicted molar refractivity (Wildman–Crippen MR) is 117 cm³/mol. The van der Waals surface area contributed by atoms with Gasteiger partial charge < -0.3 is 15.0 Å². The van der Waals surface area contributed by atoms with Gasteiger partial charge in [0.25, 0.3) is 0 Å². The second kappa shape index (κ2) is 7.47. The van der Waals surface area contributed by atoms with E-state index in [0.29, 0.717) is 6.04 Å². The first-order chi connectivity index (χ1) is 14.2. The first-order valence-electron chi connectivity index (χ1n) is 10.1. The van der Waals surface area contributed by atoms with Crippen LogP contribution >= 0.6 is 0 Å². The van der Waals surface area contributed by atoms with Crippen molar-refractivity contribution in [2.75, 3.05) is 7.11 Å². The molecule has 4 nitrogen and oxygen atoms in total. The number of H-pyrrole nitrogens is 1. The lowest BCUT2D eigenvalue weighted by molar-refractivity contribution is 0.0777. The fourth-order valence-electron chi connectivity index (χ4n) is 4.55. The molecule has 0 amide bonds. The zero-order valence-electron chi connectivity index (χ0n) is 16.8. The van der Waals surface area contributed by atoms with Crippen LogP contribution in [0.5, 0.6) is 0 Å². The maximum Gasteiger partial charge on any atom is 0.0980 e. The molecule has 0 saturated carbocycles. The standard InChI is InChI=1S/C25H25N3O/c1-16-20(11-12-22-24(16)28-15-27-22)18-9-7-17(8-10-18)14-26-23-13-19-5-3-4-6-21(19)25(23)29-2/h3-12,15,23,25-26H,13-14H2,1-2H3,(H,27,28)/t23-,25+/m1/s1. The van der Waals surface area contributed by atoms with E-state index >= 15 is 0 Å². The summed E-state index contributed by atoms with van der Waals surface area (Å²) in [5, 5.41) is 3.70. The Kier molecular flexibility index (Phi) is 4.66. The van der Waals surface area contributed by atoms with E-state index in [1.165, 1.54) is 33.4 Å². The molecule has 2 N–H and O–H groups in total. The second-order valence-electron chi connectivity index (χ2n) is 7.78. The van der Waals surface area contributed by atoms with Gasteiger partial charge in [0.15, 0.2) is 0 Å². The second-order valence-corrected chi connectivity index (χ2v) is 7.78. The average molecular weight is 383 g/mol. The van der Waals surface area contributed by atoms with Crippen LogP contribution in [0.25, 0.3) is 22.2 Å². The van der Waals surface area contributed by atoms with E-state index in [-0.39, 0.29) is 6.10 Å². The SMILES string of the molecule is CO[C@H]1c2ccccc2C[C@H]1NCc1ccc(-c2ccc3nc[nH]c3c2C)cc1. The van der Waals surface area contributed by atoms with E-state index < -0.39 is 0 Å². The first-order valence-corrected chi connectivity index (χ1v) is 10.1. The van der Waals surface area contributed by atoms with Gasteiger partial charge in [-0.25, -0.2) is 4.98 Å². The van der Waals surface area contributed by atoms with E-state index in [0.717, 1.165) is 24.0 Å². The average Bonchev–Trinajstić information content (AvgIpc) is 3.37. The minimum Gasteiger partial charge on any atom is -0.375 e. The Morgan fingerprint density at radius 3 is 2.72 bits per heavy atom. The summed E-state index contributed by atoms with van der Waals surface area (Å²) in [6.07, 6.45) is 2.88. The van der Waals surface area contributed by atoms with Gasteiger partial charge in [-0.3, -0.25) is 0 Å². The van der Waals surface area contributed by atoms with E-state index in [2.05, 4.69) is 82.9 Å². The van der Waals surface area contributed by atoms with Crippen LogP contribution in [0.4, 0.5) is 0 Å². The number of fused-ring (bicyclic) bond motifs is 2. The highest BCUT2D eigenvalue weighted by molar-refractivity contribution is 5.86. The van der Waals surface area contributed by atoms with Crippen molar-refractivity contribution in [3.05, 3.63) is 89.2 Å². The Labute approximate surface area is 171 Å². The maximum absolute atomic E-state index is 5.79. The van der Waals surface area contributed by atoms with E-state index in [1.54, 1.807) is 13.4 Å². The van der Waals surface area contributed by atoms with Crippen LogP contribution < -0.4 is 5.32 Å². The van der Waals surface area contributed by atoms with E-state index in [1.807, 2.05) is 0 Å². The molecular weight excluding hydrogens is 358 g/mol. The number of aryl methyl sites for hydroxylation is 1. The van der Waals surface area contributed by atoms with Crippen LogP contribution in [-0.2, 0) is 17.7 Å². The molecule has 0 saturated heterocycles. The summed E-state index contributed by atoms with van der Waals surface area (Å²) < 4.78 is 5.79. The van der Waals surface area contributed by atoms with E-state index in [4.69, 9.17) is 4.74 Å². The summed E-state index contributed by atoms with van der Waals surface area (Å²) in [7, 11) is 1.80. The predicted octanol–water partition coefficient (Wildman–Crippen LogP) is 4.94. The minimum atomic E-state index is 0.120. The highest BCUT2D eigenvalue weighted by atomic mass is 16.5. The Bertz CT molecular complexity index is 1150. The molecule has 0 aliphatic heterocycles. The zero-order valence-corrected chi connectivity index (χ0v) is 16.8. The number of nitrogens with one attached hydrogen (secondary N) is 2. The third kappa shape index (κ3) is 3.24. The number of ether oxygens (including phenoxy) is 1. The summed E-state index contributed by atoms with van der Waals surface area (Å²) in [5.74, 6) is 0. The Morgan fingerprint density at radius 2 is 1.90 bits per heavy atom. The van der Waals surface area contributed by atoms with Gasteiger partial charge in [-0.05, 0) is 52.8 Å². The van der Waals surface area contributed by atoms with Crippen molar-refractivity contribution in [3.8, 4) is 11.1 Å². The van der Waals surface area contributed by atoms with Gasteiger partial charge in [-0.15, -0.1) is 0 Å². The summed E-state index contributed by atoms with van der Waals surface area (Å²) >= 11 is 0. The van der Waals surface area contributed by atoms with Crippen LogP contribution in [0.1, 0.15) is 28.4 Å². The van der Waals surface area contributed by atoms with Crippen molar-refractivity contribution in [1.82, 2.24) is 15.3 Å². The molecule has 1 aromatic heterocycles. The summed E-state index contributed by atoms with van der Waals surface area (Å²) in [6, 6.07) is 22.0. The molecule has 3 aromatic carbocycles. The van der Waals surface area contributed by atoms with Crippen molar-refractivity contribution in [3.63, 3.8) is 0 Å². The van der Waals surface area contributed by atoms with Crippen molar-refractivity contribution in [2.24, 2.45) is 0 Å². The summed E-state index contributed by atoms with van der Waals surface area (Å²) in [6.45, 7) is 2.98. The van der Waals surface area contributed by atoms with Crippen molar-refractivity contribution in [2.45, 2.75) is 32.0 Å². The molecule has 29 heavy (non-hydrogen) atoms. The molecular formula is C25H25N3O. The van der Waals surface area contributed by atoms with Crippen molar-refractivity contribution in [1.29, 1.82) is 0 Å². The molecule has 5 rings (SSSR count). The third-order valence-corrected chi connectivity index (χ3v) is 6.11. The quantitative estimate of drug-likeness (QED) is 0.513. The molecule has 1 aliphatic rings. The lowest BCUT2D eigenvalue weighted by Crippen LogP contribution is -2.33. The van der Waals surface area contributed by atoms with Gasteiger partial charge in [-0.1, -0.05) is 54.6 Å². The van der Waals surface area contributed by atoms with Gasteiger partial charge in [-0.2, -0.15) is 0 Å². The molecule has 1 heterocycles. The highest BCUT2D eigenvalue weighted by Crippen LogP contribution is 2.34. The number of benzene rings is 3. The van der Waals surface area contributed by atoms with Crippen LogP contribution in [0.15, 0.2) is 67.0 Å². The van der Waals surface area contributed by atoms with Gasteiger partial charge in [0.2, 0.25) is 0 Å². The van der Waals surface area contributed by atoms with Crippen LogP contribution in [-0.4, -0.2) is 23.1 Å². The lowest BCUT2D eigenvalue weighted by Gasteiger charge is -2.20. The number of hydrogen-bond acceptors (Lipinski definition) is 3. The maximum atomic E-state index is 5.79. The molecule has 4 aromatic rings. The Balaban J connectivity index is 1.30. The fraction of sp³-hybridized carbons (Fsp3) is 0.240. The first kappa shape index (κ1) is 18.1. The van der Waals surface area contributed by atoms with Crippen LogP contribution in [0.2, 0.25) is 0 Å². The number of imidazole rings is 1. The molecule has 0 bridgehead atoms. The molecule has 0 unspecified atom stereocenters. The van der Waals surface area contributed by atoms with Gasteiger partial charge in [0.1, 0.15) is 0 Å². The van der Waals surface area contributed by atoms with Crippen molar-refractivity contribution < 1.29 is 4.74 Å². The van der Waals surface area contributed by atoms with Gasteiger partial charge >= 0.3 is 0 Å². The fourth-order valence-corrected chi connectivity index (χ4v) is 4.55.